The van der Waals surface area contributed by atoms with Crippen LogP contribution in [0.5, 0.6) is 0 Å². The summed E-state index contributed by atoms with van der Waals surface area (Å²) in [6.45, 7) is 1.88. The monoisotopic (exact) mass is 291 g/mol. The van der Waals surface area contributed by atoms with Gasteiger partial charge in [0.15, 0.2) is 5.82 Å². The largest absolute Gasteiger partial charge is 0.383 e. The fourth-order valence-corrected chi connectivity index (χ4v) is 1.71. The van der Waals surface area contributed by atoms with Gasteiger partial charge in [0.05, 0.1) is 12.8 Å². The normalized spacial score (nSPS) is 10.4. The van der Waals surface area contributed by atoms with E-state index in [1.54, 1.807) is 25.4 Å². The van der Waals surface area contributed by atoms with Gasteiger partial charge in [0.25, 0.3) is 0 Å². The van der Waals surface area contributed by atoms with Crippen LogP contribution in [0.15, 0.2) is 30.5 Å². The first kappa shape index (κ1) is 15.1. The molecule has 2 aromatic rings. The third kappa shape index (κ3) is 5.31. The van der Waals surface area contributed by atoms with Crippen LogP contribution in [0.2, 0.25) is 0 Å². The highest BCUT2D eigenvalue weighted by Crippen LogP contribution is 2.06. The number of halogens is 1. The molecule has 0 spiro atoms. The number of nitrogens with zero attached hydrogens (tertiary/aromatic N) is 3. The van der Waals surface area contributed by atoms with Crippen LogP contribution in [0, 0.1) is 5.82 Å². The molecule has 0 saturated heterocycles. The van der Waals surface area contributed by atoms with Gasteiger partial charge in [0, 0.05) is 20.2 Å². The Labute approximate surface area is 122 Å². The molecule has 21 heavy (non-hydrogen) atoms. The number of ether oxygens (including phenoxy) is 1. The van der Waals surface area contributed by atoms with Crippen molar-refractivity contribution in [2.45, 2.75) is 6.42 Å². The SMILES string of the molecule is COCCNc1nncc(NCCc2ccc(F)cc2)n1. The summed E-state index contributed by atoms with van der Waals surface area (Å²) < 4.78 is 17.7. The highest BCUT2D eigenvalue weighted by molar-refractivity contribution is 5.37. The van der Waals surface area contributed by atoms with Crippen molar-refractivity contribution in [3.8, 4) is 0 Å². The quantitative estimate of drug-likeness (QED) is 0.722. The van der Waals surface area contributed by atoms with Crippen molar-refractivity contribution in [3.05, 3.63) is 41.8 Å². The van der Waals surface area contributed by atoms with E-state index < -0.39 is 0 Å². The van der Waals surface area contributed by atoms with Crippen LogP contribution < -0.4 is 10.6 Å². The molecule has 0 saturated carbocycles. The van der Waals surface area contributed by atoms with Crippen LogP contribution in [0.25, 0.3) is 0 Å². The molecule has 1 heterocycles. The fraction of sp³-hybridized carbons (Fsp3) is 0.357. The minimum Gasteiger partial charge on any atom is -0.383 e. The minimum absolute atomic E-state index is 0.224. The van der Waals surface area contributed by atoms with Crippen LogP contribution >= 0.6 is 0 Å². The molecule has 2 rings (SSSR count). The van der Waals surface area contributed by atoms with Gasteiger partial charge in [0.1, 0.15) is 5.82 Å². The van der Waals surface area contributed by atoms with Crippen molar-refractivity contribution >= 4 is 11.8 Å². The number of hydrogen-bond acceptors (Lipinski definition) is 6. The second-order valence-corrected chi connectivity index (χ2v) is 4.39. The van der Waals surface area contributed by atoms with E-state index in [-0.39, 0.29) is 5.82 Å². The summed E-state index contributed by atoms with van der Waals surface area (Å²) in [5.74, 6) is 0.879. The molecule has 1 aromatic heterocycles. The fourth-order valence-electron chi connectivity index (χ4n) is 1.71. The number of rotatable bonds is 8. The summed E-state index contributed by atoms with van der Waals surface area (Å²) in [5.41, 5.74) is 1.06. The van der Waals surface area contributed by atoms with Crippen LogP contribution in [0.3, 0.4) is 0 Å². The Morgan fingerprint density at radius 2 is 1.95 bits per heavy atom. The molecule has 0 fully saturated rings. The zero-order chi connectivity index (χ0) is 14.9. The van der Waals surface area contributed by atoms with Crippen molar-refractivity contribution in [3.63, 3.8) is 0 Å². The maximum Gasteiger partial charge on any atom is 0.244 e. The molecule has 0 atom stereocenters. The lowest BCUT2D eigenvalue weighted by Crippen LogP contribution is -2.13. The molecule has 6 nitrogen and oxygen atoms in total. The second-order valence-electron chi connectivity index (χ2n) is 4.39. The second kappa shape index (κ2) is 8.11. The Hall–Kier alpha value is -2.28. The molecule has 112 valence electrons. The van der Waals surface area contributed by atoms with Crippen molar-refractivity contribution in [1.82, 2.24) is 15.2 Å². The van der Waals surface area contributed by atoms with Crippen molar-refractivity contribution in [2.24, 2.45) is 0 Å². The van der Waals surface area contributed by atoms with Gasteiger partial charge < -0.3 is 15.4 Å². The molecule has 0 unspecified atom stereocenters. The highest BCUT2D eigenvalue weighted by atomic mass is 19.1. The van der Waals surface area contributed by atoms with Gasteiger partial charge in [-0.05, 0) is 24.1 Å². The zero-order valence-electron chi connectivity index (χ0n) is 11.8. The van der Waals surface area contributed by atoms with Gasteiger partial charge in [-0.1, -0.05) is 12.1 Å². The molecule has 0 aliphatic heterocycles. The van der Waals surface area contributed by atoms with Gasteiger partial charge >= 0.3 is 0 Å². The van der Waals surface area contributed by atoms with Crippen LogP contribution in [0.4, 0.5) is 16.2 Å². The standard InChI is InChI=1S/C14H18FN5O/c1-21-9-8-17-14-19-13(10-18-20-14)16-7-6-11-2-4-12(15)5-3-11/h2-5,10H,6-9H2,1H3,(H2,16,17,19,20). The Morgan fingerprint density at radius 3 is 2.71 bits per heavy atom. The first-order valence-corrected chi connectivity index (χ1v) is 6.69. The van der Waals surface area contributed by atoms with Crippen LogP contribution in [-0.4, -0.2) is 42.0 Å². The van der Waals surface area contributed by atoms with E-state index in [1.165, 1.54) is 12.1 Å². The third-order valence-electron chi connectivity index (χ3n) is 2.78. The predicted octanol–water partition coefficient (Wildman–Crippen LogP) is 1.72. The number of nitrogens with one attached hydrogen (secondary N) is 2. The van der Waals surface area contributed by atoms with E-state index in [1.807, 2.05) is 0 Å². The van der Waals surface area contributed by atoms with Crippen LogP contribution in [0.1, 0.15) is 5.56 Å². The van der Waals surface area contributed by atoms with Gasteiger partial charge in [-0.3, -0.25) is 0 Å². The predicted molar refractivity (Wildman–Crippen MR) is 78.8 cm³/mol. The van der Waals surface area contributed by atoms with Crippen molar-refractivity contribution in [1.29, 1.82) is 0 Å². The number of benzene rings is 1. The lowest BCUT2D eigenvalue weighted by atomic mass is 10.1. The van der Waals surface area contributed by atoms with Crippen LogP contribution in [-0.2, 0) is 11.2 Å². The molecule has 0 bridgehead atoms. The summed E-state index contributed by atoms with van der Waals surface area (Å²) >= 11 is 0. The van der Waals surface area contributed by atoms with E-state index in [0.717, 1.165) is 12.0 Å². The summed E-state index contributed by atoms with van der Waals surface area (Å²) in [4.78, 5) is 4.28. The average molecular weight is 291 g/mol. The molecule has 0 amide bonds. The van der Waals surface area contributed by atoms with E-state index in [0.29, 0.717) is 31.5 Å². The molecule has 2 N–H and O–H groups in total. The number of aromatic nitrogens is 3. The number of anilines is 2. The summed E-state index contributed by atoms with van der Waals surface area (Å²) in [6.07, 6.45) is 2.34. The first-order chi connectivity index (χ1) is 10.3. The van der Waals surface area contributed by atoms with E-state index >= 15 is 0 Å². The van der Waals surface area contributed by atoms with Gasteiger partial charge in [0.2, 0.25) is 5.95 Å². The molecule has 1 aromatic carbocycles. The van der Waals surface area contributed by atoms with E-state index in [2.05, 4.69) is 25.8 Å². The Balaban J connectivity index is 1.79. The maximum atomic E-state index is 12.8. The van der Waals surface area contributed by atoms with Crippen molar-refractivity contribution in [2.75, 3.05) is 37.4 Å². The number of hydrogen-bond donors (Lipinski definition) is 2. The summed E-state index contributed by atoms with van der Waals surface area (Å²) in [7, 11) is 1.63. The zero-order valence-corrected chi connectivity index (χ0v) is 11.8. The Bertz CT molecular complexity index is 549. The molecule has 0 aliphatic rings. The molecular formula is C14H18FN5O. The lowest BCUT2D eigenvalue weighted by Gasteiger charge is -2.07. The minimum atomic E-state index is -0.224. The van der Waals surface area contributed by atoms with E-state index in [4.69, 9.17) is 4.74 Å². The lowest BCUT2D eigenvalue weighted by molar-refractivity contribution is 0.210. The molecule has 7 heteroatoms. The Morgan fingerprint density at radius 1 is 1.14 bits per heavy atom. The van der Waals surface area contributed by atoms with Gasteiger partial charge in [-0.15, -0.1) is 5.10 Å². The number of methoxy groups -OCH3 is 1. The maximum absolute atomic E-state index is 12.8. The summed E-state index contributed by atoms with van der Waals surface area (Å²) in [6, 6.07) is 6.46. The van der Waals surface area contributed by atoms with Crippen molar-refractivity contribution < 1.29 is 9.13 Å². The highest BCUT2D eigenvalue weighted by Gasteiger charge is 2.00. The molecule has 0 aliphatic carbocycles. The first-order valence-electron chi connectivity index (χ1n) is 6.69. The molecule has 0 radical (unpaired) electrons. The average Bonchev–Trinajstić information content (AvgIpc) is 2.50. The smallest absolute Gasteiger partial charge is 0.244 e. The van der Waals surface area contributed by atoms with E-state index in [9.17, 15) is 4.39 Å². The Kier molecular flexibility index (Phi) is 5.83. The van der Waals surface area contributed by atoms with Gasteiger partial charge in [-0.25, -0.2) is 4.39 Å². The van der Waals surface area contributed by atoms with Gasteiger partial charge in [-0.2, -0.15) is 10.1 Å². The third-order valence-corrected chi connectivity index (χ3v) is 2.78. The topological polar surface area (TPSA) is 72.0 Å². The summed E-state index contributed by atoms with van der Waals surface area (Å²) in [5, 5.41) is 13.9. The molecular weight excluding hydrogens is 273 g/mol.